The summed E-state index contributed by atoms with van der Waals surface area (Å²) >= 11 is 0. The summed E-state index contributed by atoms with van der Waals surface area (Å²) in [5.74, 6) is -0.0859. The van der Waals surface area contributed by atoms with Crippen LogP contribution in [0.5, 0.6) is 0 Å². The normalized spacial score (nSPS) is 18.0. The van der Waals surface area contributed by atoms with Gasteiger partial charge in [0.1, 0.15) is 6.61 Å². The number of nitrogens with zero attached hydrogens (tertiary/aromatic N) is 3. The van der Waals surface area contributed by atoms with Crippen LogP contribution in [0.25, 0.3) is 0 Å². The molecule has 0 atom stereocenters. The number of alkyl halides is 3. The van der Waals surface area contributed by atoms with Crippen molar-refractivity contribution in [3.8, 4) is 0 Å². The predicted molar refractivity (Wildman–Crippen MR) is 112 cm³/mol. The summed E-state index contributed by atoms with van der Waals surface area (Å²) in [7, 11) is 0. The van der Waals surface area contributed by atoms with Gasteiger partial charge in [0.2, 0.25) is 0 Å². The first-order valence-electron chi connectivity index (χ1n) is 10.7. The molecule has 1 aromatic rings. The highest BCUT2D eigenvalue weighted by molar-refractivity contribution is 5.97. The largest absolute Gasteiger partial charge is 0.411 e. The van der Waals surface area contributed by atoms with E-state index in [1.54, 1.807) is 34.1 Å². The first kappa shape index (κ1) is 24.3. The number of amides is 3. The molecule has 0 aromatic heterocycles. The lowest BCUT2D eigenvalue weighted by Gasteiger charge is -2.34. The van der Waals surface area contributed by atoms with E-state index in [0.717, 1.165) is 0 Å². The van der Waals surface area contributed by atoms with Crippen molar-refractivity contribution in [3.63, 3.8) is 0 Å². The quantitative estimate of drug-likeness (QED) is 0.635. The molecule has 1 N–H and O–H groups in total. The highest BCUT2D eigenvalue weighted by atomic mass is 19.4. The molecule has 0 unspecified atom stereocenters. The van der Waals surface area contributed by atoms with Crippen LogP contribution in [0.2, 0.25) is 0 Å². The summed E-state index contributed by atoms with van der Waals surface area (Å²) in [6, 6.07) is 6.64. The second kappa shape index (κ2) is 11.5. The number of carbonyl (C=O) groups is 2. The molecule has 3 amide bonds. The molecule has 0 aliphatic carbocycles. The predicted octanol–water partition coefficient (Wildman–Crippen LogP) is 2.28. The Morgan fingerprint density at radius 3 is 2.44 bits per heavy atom. The molecular formula is C21H29F3N4O4. The second-order valence-corrected chi connectivity index (χ2v) is 7.77. The van der Waals surface area contributed by atoms with E-state index < -0.39 is 12.8 Å². The Morgan fingerprint density at radius 2 is 1.75 bits per heavy atom. The number of halogens is 3. The summed E-state index contributed by atoms with van der Waals surface area (Å²) < 4.78 is 46.1. The Labute approximate surface area is 185 Å². The summed E-state index contributed by atoms with van der Waals surface area (Å²) in [6.45, 7) is 3.92. The number of carbonyl (C=O) groups excluding carboxylic acids is 2. The molecule has 0 spiro atoms. The lowest BCUT2D eigenvalue weighted by Crippen LogP contribution is -2.50. The maximum atomic E-state index is 12.6. The number of urea groups is 1. The highest BCUT2D eigenvalue weighted by Gasteiger charge is 2.27. The number of benzene rings is 1. The van der Waals surface area contributed by atoms with Crippen molar-refractivity contribution in [3.05, 3.63) is 29.8 Å². The molecule has 8 nitrogen and oxygen atoms in total. The van der Waals surface area contributed by atoms with Gasteiger partial charge in [-0.15, -0.1) is 0 Å². The first-order valence-corrected chi connectivity index (χ1v) is 10.7. The van der Waals surface area contributed by atoms with E-state index in [9.17, 15) is 22.8 Å². The van der Waals surface area contributed by atoms with Crippen LogP contribution in [0.3, 0.4) is 0 Å². The average molecular weight is 458 g/mol. The van der Waals surface area contributed by atoms with Gasteiger partial charge in [0.15, 0.2) is 0 Å². The van der Waals surface area contributed by atoms with E-state index in [1.807, 2.05) is 0 Å². The smallest absolute Gasteiger partial charge is 0.378 e. The molecule has 2 aliphatic rings. The molecule has 2 aliphatic heterocycles. The molecule has 0 saturated carbocycles. The Balaban J connectivity index is 1.40. The van der Waals surface area contributed by atoms with Crippen LogP contribution in [0.4, 0.5) is 23.7 Å². The molecular weight excluding hydrogens is 429 g/mol. The van der Waals surface area contributed by atoms with Gasteiger partial charge in [-0.3, -0.25) is 9.69 Å². The van der Waals surface area contributed by atoms with Gasteiger partial charge in [0, 0.05) is 63.7 Å². The van der Waals surface area contributed by atoms with E-state index >= 15 is 0 Å². The molecule has 0 bridgehead atoms. The lowest BCUT2D eigenvalue weighted by molar-refractivity contribution is -0.174. The number of hydrogen-bond donors (Lipinski definition) is 1. The maximum Gasteiger partial charge on any atom is 0.411 e. The fraction of sp³-hybridized carbons (Fsp3) is 0.619. The van der Waals surface area contributed by atoms with Crippen LogP contribution < -0.4 is 5.32 Å². The molecule has 178 valence electrons. The third-order valence-corrected chi connectivity index (χ3v) is 5.35. The van der Waals surface area contributed by atoms with E-state index in [4.69, 9.17) is 4.74 Å². The summed E-state index contributed by atoms with van der Waals surface area (Å²) in [6.07, 6.45) is -3.79. The Morgan fingerprint density at radius 1 is 1.03 bits per heavy atom. The van der Waals surface area contributed by atoms with Crippen molar-refractivity contribution in [1.82, 2.24) is 14.7 Å². The molecule has 11 heteroatoms. The lowest BCUT2D eigenvalue weighted by atomic mass is 10.1. The fourth-order valence-corrected chi connectivity index (χ4v) is 3.63. The van der Waals surface area contributed by atoms with Crippen LogP contribution in [0.1, 0.15) is 16.8 Å². The molecule has 2 saturated heterocycles. The van der Waals surface area contributed by atoms with Gasteiger partial charge in [-0.1, -0.05) is 6.07 Å². The SMILES string of the molecule is O=C(Nc1cccc(C(=O)N2CCOCC2)c1)N1CCN(CCCOCC(F)(F)F)CC1. The number of morpholine rings is 1. The third-order valence-electron chi connectivity index (χ3n) is 5.35. The van der Waals surface area contributed by atoms with Crippen molar-refractivity contribution < 1.29 is 32.2 Å². The van der Waals surface area contributed by atoms with Gasteiger partial charge in [-0.2, -0.15) is 13.2 Å². The van der Waals surface area contributed by atoms with Crippen molar-refractivity contribution in [2.45, 2.75) is 12.6 Å². The molecule has 2 fully saturated rings. The highest BCUT2D eigenvalue weighted by Crippen LogP contribution is 2.16. The fourth-order valence-electron chi connectivity index (χ4n) is 3.63. The van der Waals surface area contributed by atoms with E-state index in [1.165, 1.54) is 0 Å². The van der Waals surface area contributed by atoms with Gasteiger partial charge in [-0.05, 0) is 24.6 Å². The van der Waals surface area contributed by atoms with Crippen LogP contribution in [-0.4, -0.2) is 105 Å². The van der Waals surface area contributed by atoms with Gasteiger partial charge < -0.3 is 24.6 Å². The average Bonchev–Trinajstić information content (AvgIpc) is 2.79. The van der Waals surface area contributed by atoms with Gasteiger partial charge in [-0.25, -0.2) is 4.79 Å². The molecule has 2 heterocycles. The van der Waals surface area contributed by atoms with E-state index in [-0.39, 0.29) is 18.5 Å². The Kier molecular flexibility index (Phi) is 8.71. The zero-order chi connectivity index (χ0) is 23.0. The number of rotatable bonds is 7. The van der Waals surface area contributed by atoms with Gasteiger partial charge in [0.05, 0.1) is 13.2 Å². The number of ether oxygens (including phenoxy) is 2. The van der Waals surface area contributed by atoms with Crippen LogP contribution >= 0.6 is 0 Å². The van der Waals surface area contributed by atoms with Crippen molar-refractivity contribution in [1.29, 1.82) is 0 Å². The molecule has 1 aromatic carbocycles. The zero-order valence-electron chi connectivity index (χ0n) is 17.9. The first-order chi connectivity index (χ1) is 15.3. The van der Waals surface area contributed by atoms with Crippen LogP contribution in [0.15, 0.2) is 24.3 Å². The number of hydrogen-bond acceptors (Lipinski definition) is 5. The molecule has 32 heavy (non-hydrogen) atoms. The third kappa shape index (κ3) is 7.64. The van der Waals surface area contributed by atoms with Gasteiger partial charge in [0.25, 0.3) is 5.91 Å². The summed E-state index contributed by atoms with van der Waals surface area (Å²) in [4.78, 5) is 30.8. The standard InChI is InChI=1S/C21H29F3N4O4/c22-21(23,24)16-32-12-2-5-26-6-8-28(9-7-26)20(30)25-18-4-1-3-17(15-18)19(29)27-10-13-31-14-11-27/h1,3-4,15H,2,5-14,16H2,(H,25,30). The summed E-state index contributed by atoms with van der Waals surface area (Å²) in [5.41, 5.74) is 1.07. The van der Waals surface area contributed by atoms with E-state index in [2.05, 4.69) is 15.0 Å². The Bertz CT molecular complexity index is 764. The maximum absolute atomic E-state index is 12.6. The molecule has 3 rings (SSSR count). The van der Waals surface area contributed by atoms with Crippen molar-refractivity contribution in [2.75, 3.05) is 77.6 Å². The van der Waals surface area contributed by atoms with Crippen molar-refractivity contribution >= 4 is 17.6 Å². The minimum Gasteiger partial charge on any atom is -0.378 e. The number of nitrogens with one attached hydrogen (secondary N) is 1. The van der Waals surface area contributed by atoms with Crippen molar-refractivity contribution in [2.24, 2.45) is 0 Å². The van der Waals surface area contributed by atoms with E-state index in [0.29, 0.717) is 76.7 Å². The topological polar surface area (TPSA) is 74.4 Å². The number of piperazine rings is 1. The molecule has 0 radical (unpaired) electrons. The summed E-state index contributed by atoms with van der Waals surface area (Å²) in [5, 5.41) is 2.85. The second-order valence-electron chi connectivity index (χ2n) is 7.77. The Hall–Kier alpha value is -2.37. The zero-order valence-corrected chi connectivity index (χ0v) is 17.9. The monoisotopic (exact) mass is 458 g/mol. The van der Waals surface area contributed by atoms with Crippen LogP contribution in [-0.2, 0) is 9.47 Å². The van der Waals surface area contributed by atoms with Crippen LogP contribution in [0, 0.1) is 0 Å². The minimum atomic E-state index is -4.30. The minimum absolute atomic E-state index is 0.0553. The van der Waals surface area contributed by atoms with Gasteiger partial charge >= 0.3 is 12.2 Å². The number of anilines is 1.